The maximum atomic E-state index is 12.3. The van der Waals surface area contributed by atoms with E-state index in [9.17, 15) is 4.79 Å². The van der Waals surface area contributed by atoms with Crippen molar-refractivity contribution in [2.45, 2.75) is 72.4 Å². The molecule has 1 fully saturated rings. The van der Waals surface area contributed by atoms with Crippen LogP contribution in [0.15, 0.2) is 24.3 Å². The van der Waals surface area contributed by atoms with Gasteiger partial charge in [0.05, 0.1) is 0 Å². The molecule has 2 rings (SSSR count). The minimum atomic E-state index is -0.461. The Morgan fingerprint density at radius 3 is 2.43 bits per heavy atom. The number of aryl methyl sites for hydroxylation is 1. The van der Waals surface area contributed by atoms with Gasteiger partial charge in [0.15, 0.2) is 6.10 Å². The zero-order chi connectivity index (χ0) is 17.0. The second kappa shape index (κ2) is 7.37. The summed E-state index contributed by atoms with van der Waals surface area (Å²) in [6.07, 6.45) is 4.08. The topological polar surface area (TPSA) is 38.3 Å². The summed E-state index contributed by atoms with van der Waals surface area (Å²) in [6.45, 7) is 10.8. The molecule has 23 heavy (non-hydrogen) atoms. The van der Waals surface area contributed by atoms with Crippen LogP contribution in [0.25, 0.3) is 0 Å². The zero-order valence-corrected chi connectivity index (χ0v) is 15.2. The number of benzene rings is 1. The first-order valence-corrected chi connectivity index (χ1v) is 8.79. The molecule has 128 valence electrons. The smallest absolute Gasteiger partial charge is 0.260 e. The van der Waals surface area contributed by atoms with E-state index in [-0.39, 0.29) is 5.91 Å². The number of nitrogens with one attached hydrogen (secondary N) is 1. The lowest BCUT2D eigenvalue weighted by atomic mass is 9.71. The van der Waals surface area contributed by atoms with Crippen molar-refractivity contribution in [3.05, 3.63) is 29.8 Å². The molecule has 3 heteroatoms. The molecule has 0 aromatic heterocycles. The van der Waals surface area contributed by atoms with E-state index in [0.29, 0.717) is 11.5 Å². The predicted molar refractivity (Wildman–Crippen MR) is 94.6 cm³/mol. The van der Waals surface area contributed by atoms with Crippen molar-refractivity contribution in [1.29, 1.82) is 0 Å². The van der Waals surface area contributed by atoms with Crippen molar-refractivity contribution in [1.82, 2.24) is 5.32 Å². The van der Waals surface area contributed by atoms with Crippen molar-refractivity contribution in [3.63, 3.8) is 0 Å². The number of carbonyl (C=O) groups is 1. The summed E-state index contributed by atoms with van der Waals surface area (Å²) in [7, 11) is 0. The molecular weight excluding hydrogens is 286 g/mol. The summed E-state index contributed by atoms with van der Waals surface area (Å²) < 4.78 is 5.76. The highest BCUT2D eigenvalue weighted by Crippen LogP contribution is 2.37. The molecule has 0 bridgehead atoms. The summed E-state index contributed by atoms with van der Waals surface area (Å²) in [5.74, 6) is 1.51. The minimum Gasteiger partial charge on any atom is -0.481 e. The van der Waals surface area contributed by atoms with Crippen LogP contribution in [-0.4, -0.2) is 18.1 Å². The van der Waals surface area contributed by atoms with Gasteiger partial charge in [0, 0.05) is 6.04 Å². The SMILES string of the molecule is Cc1cccc(OC(C)C(=O)NC2CCC(C(C)(C)C)CC2)c1. The molecule has 1 saturated carbocycles. The van der Waals surface area contributed by atoms with Gasteiger partial charge in [-0.15, -0.1) is 0 Å². The van der Waals surface area contributed by atoms with Crippen LogP contribution < -0.4 is 10.1 Å². The summed E-state index contributed by atoms with van der Waals surface area (Å²) in [5, 5.41) is 3.16. The van der Waals surface area contributed by atoms with Crippen LogP contribution in [0.5, 0.6) is 5.75 Å². The molecule has 1 aromatic carbocycles. The quantitative estimate of drug-likeness (QED) is 0.889. The fraction of sp³-hybridized carbons (Fsp3) is 0.650. The highest BCUT2D eigenvalue weighted by molar-refractivity contribution is 5.81. The van der Waals surface area contributed by atoms with Gasteiger partial charge in [-0.1, -0.05) is 32.9 Å². The Kier molecular flexibility index (Phi) is 5.72. The molecule has 1 atom stereocenters. The lowest BCUT2D eigenvalue weighted by Crippen LogP contribution is -2.44. The van der Waals surface area contributed by atoms with E-state index in [0.717, 1.165) is 30.1 Å². The average Bonchev–Trinajstić information content (AvgIpc) is 2.46. The van der Waals surface area contributed by atoms with Gasteiger partial charge in [-0.25, -0.2) is 0 Å². The Morgan fingerprint density at radius 1 is 1.22 bits per heavy atom. The first-order chi connectivity index (χ1) is 10.8. The van der Waals surface area contributed by atoms with Crippen LogP contribution in [0.1, 0.15) is 58.9 Å². The number of hydrogen-bond donors (Lipinski definition) is 1. The van der Waals surface area contributed by atoms with Crippen LogP contribution in [0, 0.1) is 18.3 Å². The molecule has 0 radical (unpaired) electrons. The van der Waals surface area contributed by atoms with Crippen LogP contribution in [-0.2, 0) is 4.79 Å². The zero-order valence-electron chi connectivity index (χ0n) is 15.2. The Morgan fingerprint density at radius 2 is 1.87 bits per heavy atom. The highest BCUT2D eigenvalue weighted by atomic mass is 16.5. The van der Waals surface area contributed by atoms with Crippen LogP contribution in [0.4, 0.5) is 0 Å². The Hall–Kier alpha value is -1.51. The van der Waals surface area contributed by atoms with Crippen molar-refractivity contribution < 1.29 is 9.53 Å². The number of rotatable bonds is 4. The van der Waals surface area contributed by atoms with Gasteiger partial charge in [0.1, 0.15) is 5.75 Å². The second-order valence-electron chi connectivity index (χ2n) is 8.00. The average molecular weight is 317 g/mol. The number of amides is 1. The molecule has 3 nitrogen and oxygen atoms in total. The predicted octanol–water partition coefficient (Wildman–Crippen LogP) is 4.48. The fourth-order valence-corrected chi connectivity index (χ4v) is 3.37. The Labute approximate surface area is 140 Å². The molecule has 1 aliphatic rings. The molecule has 0 spiro atoms. The molecular formula is C20H31NO2. The van der Waals surface area contributed by atoms with Crippen LogP contribution in [0.3, 0.4) is 0 Å². The molecule has 0 aliphatic heterocycles. The molecule has 1 unspecified atom stereocenters. The van der Waals surface area contributed by atoms with Gasteiger partial charge < -0.3 is 10.1 Å². The first kappa shape index (κ1) is 17.8. The van der Waals surface area contributed by atoms with Gasteiger partial charge in [-0.05, 0) is 68.6 Å². The van der Waals surface area contributed by atoms with Crippen molar-refractivity contribution >= 4 is 5.91 Å². The van der Waals surface area contributed by atoms with E-state index < -0.39 is 6.10 Å². The maximum Gasteiger partial charge on any atom is 0.260 e. The third kappa shape index (κ3) is 5.26. The third-order valence-corrected chi connectivity index (χ3v) is 4.97. The van der Waals surface area contributed by atoms with Gasteiger partial charge in [-0.2, -0.15) is 0 Å². The summed E-state index contributed by atoms with van der Waals surface area (Å²) in [4.78, 5) is 12.3. The van der Waals surface area contributed by atoms with E-state index in [1.165, 1.54) is 12.8 Å². The molecule has 0 heterocycles. The lowest BCUT2D eigenvalue weighted by Gasteiger charge is -2.37. The van der Waals surface area contributed by atoms with Crippen molar-refractivity contribution in [2.75, 3.05) is 0 Å². The standard InChI is InChI=1S/C20H31NO2/c1-14-7-6-8-18(13-14)23-15(2)19(22)21-17-11-9-16(10-12-17)20(3,4)5/h6-8,13,15-17H,9-12H2,1-5H3,(H,21,22). The van der Waals surface area contributed by atoms with Gasteiger partial charge in [-0.3, -0.25) is 4.79 Å². The van der Waals surface area contributed by atoms with E-state index in [1.807, 2.05) is 38.1 Å². The monoisotopic (exact) mass is 317 g/mol. The Balaban J connectivity index is 1.81. The van der Waals surface area contributed by atoms with Gasteiger partial charge >= 0.3 is 0 Å². The van der Waals surface area contributed by atoms with Gasteiger partial charge in [0.25, 0.3) is 5.91 Å². The highest BCUT2D eigenvalue weighted by Gasteiger charge is 2.30. The summed E-state index contributed by atoms with van der Waals surface area (Å²) in [6, 6.07) is 8.11. The Bertz CT molecular complexity index is 525. The maximum absolute atomic E-state index is 12.3. The number of hydrogen-bond acceptors (Lipinski definition) is 2. The summed E-state index contributed by atoms with van der Waals surface area (Å²) >= 11 is 0. The molecule has 1 aromatic rings. The number of carbonyl (C=O) groups excluding carboxylic acids is 1. The van der Waals surface area contributed by atoms with Crippen LogP contribution >= 0.6 is 0 Å². The van der Waals surface area contributed by atoms with E-state index in [2.05, 4.69) is 26.1 Å². The first-order valence-electron chi connectivity index (χ1n) is 8.79. The molecule has 1 N–H and O–H groups in total. The number of ether oxygens (including phenoxy) is 1. The normalized spacial score (nSPS) is 23.2. The largest absolute Gasteiger partial charge is 0.481 e. The van der Waals surface area contributed by atoms with E-state index in [4.69, 9.17) is 4.74 Å². The molecule has 1 aliphatic carbocycles. The fourth-order valence-electron chi connectivity index (χ4n) is 3.37. The van der Waals surface area contributed by atoms with E-state index >= 15 is 0 Å². The van der Waals surface area contributed by atoms with Crippen molar-refractivity contribution in [3.8, 4) is 5.75 Å². The second-order valence-corrected chi connectivity index (χ2v) is 8.00. The van der Waals surface area contributed by atoms with Gasteiger partial charge in [0.2, 0.25) is 0 Å². The molecule has 0 saturated heterocycles. The van der Waals surface area contributed by atoms with Crippen molar-refractivity contribution in [2.24, 2.45) is 11.3 Å². The molecule has 1 amide bonds. The van der Waals surface area contributed by atoms with E-state index in [1.54, 1.807) is 0 Å². The lowest BCUT2D eigenvalue weighted by molar-refractivity contribution is -0.128. The van der Waals surface area contributed by atoms with Crippen LogP contribution in [0.2, 0.25) is 0 Å². The third-order valence-electron chi connectivity index (χ3n) is 4.97. The summed E-state index contributed by atoms with van der Waals surface area (Å²) in [5.41, 5.74) is 1.51. The minimum absolute atomic E-state index is 0.00860.